The molecule has 20 heavy (non-hydrogen) atoms. The van der Waals surface area contributed by atoms with Crippen LogP contribution in [0.3, 0.4) is 0 Å². The Morgan fingerprint density at radius 1 is 1.25 bits per heavy atom. The van der Waals surface area contributed by atoms with Gasteiger partial charge in [0.05, 0.1) is 10.8 Å². The summed E-state index contributed by atoms with van der Waals surface area (Å²) in [6.45, 7) is 3.76. The van der Waals surface area contributed by atoms with Gasteiger partial charge in [0.2, 0.25) is 10.0 Å². The average molecular weight is 297 g/mol. The Hall–Kier alpha value is -1.40. The van der Waals surface area contributed by atoms with Crippen molar-refractivity contribution in [2.75, 3.05) is 6.54 Å². The number of carbonyl (C=O) groups is 1. The zero-order valence-electron chi connectivity index (χ0n) is 11.6. The van der Waals surface area contributed by atoms with E-state index in [-0.39, 0.29) is 17.5 Å². The lowest BCUT2D eigenvalue weighted by Gasteiger charge is -2.35. The van der Waals surface area contributed by atoms with Gasteiger partial charge in [0, 0.05) is 12.6 Å². The number of rotatable bonds is 3. The second kappa shape index (κ2) is 5.54. The number of carboxylic acid groups (broad SMARTS) is 1. The Labute approximate surface area is 119 Å². The monoisotopic (exact) mass is 297 g/mol. The standard InChI is InChI=1S/C14H19NO4S/c1-10-3-7-13(8-4-10)20(18,19)15-9-12(14(16)17)6-5-11(15)2/h3-4,7-8,11-12H,5-6,9H2,1-2H3,(H,16,17). The number of hydrogen-bond acceptors (Lipinski definition) is 3. The van der Waals surface area contributed by atoms with Crippen LogP contribution in [0.25, 0.3) is 0 Å². The van der Waals surface area contributed by atoms with Gasteiger partial charge in [-0.1, -0.05) is 17.7 Å². The minimum atomic E-state index is -3.62. The zero-order chi connectivity index (χ0) is 14.9. The van der Waals surface area contributed by atoms with Crippen LogP contribution in [-0.4, -0.2) is 36.4 Å². The number of aliphatic carboxylic acids is 1. The number of aryl methyl sites for hydroxylation is 1. The van der Waals surface area contributed by atoms with Crippen LogP contribution in [0.15, 0.2) is 29.2 Å². The topological polar surface area (TPSA) is 74.7 Å². The maximum Gasteiger partial charge on any atom is 0.307 e. The van der Waals surface area contributed by atoms with Crippen molar-refractivity contribution in [3.8, 4) is 0 Å². The quantitative estimate of drug-likeness (QED) is 0.924. The van der Waals surface area contributed by atoms with E-state index in [0.717, 1.165) is 5.56 Å². The third kappa shape index (κ3) is 2.86. The largest absolute Gasteiger partial charge is 0.481 e. The van der Waals surface area contributed by atoms with Crippen molar-refractivity contribution in [3.63, 3.8) is 0 Å². The van der Waals surface area contributed by atoms with Crippen molar-refractivity contribution >= 4 is 16.0 Å². The molecule has 0 bridgehead atoms. The first-order chi connectivity index (χ1) is 9.32. The number of piperidine rings is 1. The van der Waals surface area contributed by atoms with E-state index in [1.54, 1.807) is 24.3 Å². The highest BCUT2D eigenvalue weighted by molar-refractivity contribution is 7.89. The lowest BCUT2D eigenvalue weighted by Crippen LogP contribution is -2.47. The van der Waals surface area contributed by atoms with E-state index in [0.29, 0.717) is 12.8 Å². The highest BCUT2D eigenvalue weighted by Gasteiger charge is 2.37. The smallest absolute Gasteiger partial charge is 0.307 e. The highest BCUT2D eigenvalue weighted by atomic mass is 32.2. The van der Waals surface area contributed by atoms with Gasteiger partial charge in [-0.25, -0.2) is 8.42 Å². The van der Waals surface area contributed by atoms with Gasteiger partial charge in [-0.3, -0.25) is 4.79 Å². The molecular formula is C14H19NO4S. The summed E-state index contributed by atoms with van der Waals surface area (Å²) in [7, 11) is -3.62. The minimum Gasteiger partial charge on any atom is -0.481 e. The maximum atomic E-state index is 12.6. The third-order valence-electron chi connectivity index (χ3n) is 3.80. The van der Waals surface area contributed by atoms with Crippen molar-refractivity contribution in [1.29, 1.82) is 0 Å². The van der Waals surface area contributed by atoms with Crippen molar-refractivity contribution in [2.45, 2.75) is 37.6 Å². The Balaban J connectivity index is 2.31. The summed E-state index contributed by atoms with van der Waals surface area (Å²) in [4.78, 5) is 11.3. The molecular weight excluding hydrogens is 278 g/mol. The SMILES string of the molecule is Cc1ccc(S(=O)(=O)N2CC(C(=O)O)CCC2C)cc1. The van der Waals surface area contributed by atoms with Crippen molar-refractivity contribution in [3.05, 3.63) is 29.8 Å². The Bertz CT molecular complexity index is 594. The first-order valence-corrected chi connectivity index (χ1v) is 8.07. The van der Waals surface area contributed by atoms with Gasteiger partial charge in [0.25, 0.3) is 0 Å². The fourth-order valence-electron chi connectivity index (χ4n) is 2.46. The van der Waals surface area contributed by atoms with Crippen LogP contribution in [0.1, 0.15) is 25.3 Å². The number of hydrogen-bond donors (Lipinski definition) is 1. The summed E-state index contributed by atoms with van der Waals surface area (Å²) in [5, 5.41) is 9.09. The maximum absolute atomic E-state index is 12.6. The summed E-state index contributed by atoms with van der Waals surface area (Å²) in [5.41, 5.74) is 0.985. The summed E-state index contributed by atoms with van der Waals surface area (Å²) < 4.78 is 26.5. The minimum absolute atomic E-state index is 0.0483. The first-order valence-electron chi connectivity index (χ1n) is 6.63. The van der Waals surface area contributed by atoms with Crippen LogP contribution in [-0.2, 0) is 14.8 Å². The molecule has 1 fully saturated rings. The molecule has 5 nitrogen and oxygen atoms in total. The number of carboxylic acids is 1. The molecule has 1 aromatic carbocycles. The van der Waals surface area contributed by atoms with Crippen LogP contribution < -0.4 is 0 Å². The van der Waals surface area contributed by atoms with Crippen LogP contribution in [0, 0.1) is 12.8 Å². The van der Waals surface area contributed by atoms with Gasteiger partial charge in [-0.05, 0) is 38.8 Å². The van der Waals surface area contributed by atoms with E-state index in [1.165, 1.54) is 4.31 Å². The van der Waals surface area contributed by atoms with Crippen LogP contribution in [0.5, 0.6) is 0 Å². The van der Waals surface area contributed by atoms with Crippen molar-refractivity contribution in [2.24, 2.45) is 5.92 Å². The van der Waals surface area contributed by atoms with E-state index in [9.17, 15) is 13.2 Å². The molecule has 0 aliphatic carbocycles. The van der Waals surface area contributed by atoms with Gasteiger partial charge in [-0.2, -0.15) is 4.31 Å². The van der Waals surface area contributed by atoms with E-state index in [2.05, 4.69) is 0 Å². The fourth-order valence-corrected chi connectivity index (χ4v) is 4.16. The van der Waals surface area contributed by atoms with E-state index >= 15 is 0 Å². The molecule has 1 N–H and O–H groups in total. The molecule has 0 aromatic heterocycles. The number of sulfonamides is 1. The van der Waals surface area contributed by atoms with Gasteiger partial charge < -0.3 is 5.11 Å². The van der Waals surface area contributed by atoms with Gasteiger partial charge in [0.15, 0.2) is 0 Å². The number of benzene rings is 1. The van der Waals surface area contributed by atoms with Crippen LogP contribution in [0.2, 0.25) is 0 Å². The molecule has 1 heterocycles. The Kier molecular flexibility index (Phi) is 4.15. The molecule has 2 rings (SSSR count). The van der Waals surface area contributed by atoms with E-state index in [1.807, 2.05) is 13.8 Å². The van der Waals surface area contributed by atoms with E-state index < -0.39 is 21.9 Å². The molecule has 2 atom stereocenters. The molecule has 1 saturated heterocycles. The summed E-state index contributed by atoms with van der Waals surface area (Å²) >= 11 is 0. The molecule has 1 aromatic rings. The van der Waals surface area contributed by atoms with Crippen molar-refractivity contribution < 1.29 is 18.3 Å². The van der Waals surface area contributed by atoms with Gasteiger partial charge >= 0.3 is 5.97 Å². The van der Waals surface area contributed by atoms with Crippen LogP contribution in [0.4, 0.5) is 0 Å². The fraction of sp³-hybridized carbons (Fsp3) is 0.500. The Morgan fingerprint density at radius 3 is 2.40 bits per heavy atom. The van der Waals surface area contributed by atoms with Crippen molar-refractivity contribution in [1.82, 2.24) is 4.31 Å². The predicted molar refractivity (Wildman–Crippen MR) is 74.9 cm³/mol. The Morgan fingerprint density at radius 2 is 1.85 bits per heavy atom. The van der Waals surface area contributed by atoms with E-state index in [4.69, 9.17) is 5.11 Å². The second-order valence-corrected chi connectivity index (χ2v) is 7.24. The molecule has 2 unspecified atom stereocenters. The van der Waals surface area contributed by atoms with Gasteiger partial charge in [0.1, 0.15) is 0 Å². The molecule has 110 valence electrons. The molecule has 0 radical (unpaired) electrons. The normalized spacial score (nSPS) is 24.5. The molecule has 0 spiro atoms. The lowest BCUT2D eigenvalue weighted by molar-refractivity contribution is -0.143. The first kappa shape index (κ1) is 15.0. The molecule has 1 aliphatic rings. The summed E-state index contributed by atoms with van der Waals surface area (Å²) in [5.74, 6) is -1.55. The lowest BCUT2D eigenvalue weighted by atomic mass is 9.96. The molecule has 1 aliphatic heterocycles. The summed E-state index contributed by atoms with van der Waals surface area (Å²) in [6, 6.07) is 6.47. The average Bonchev–Trinajstić information content (AvgIpc) is 2.39. The zero-order valence-corrected chi connectivity index (χ0v) is 12.4. The third-order valence-corrected chi connectivity index (χ3v) is 5.80. The second-order valence-electron chi connectivity index (χ2n) is 5.35. The van der Waals surface area contributed by atoms with Gasteiger partial charge in [-0.15, -0.1) is 0 Å². The molecule has 0 amide bonds. The summed E-state index contributed by atoms with van der Waals surface area (Å²) in [6.07, 6.45) is 1.10. The highest BCUT2D eigenvalue weighted by Crippen LogP contribution is 2.28. The van der Waals surface area contributed by atoms with Crippen LogP contribution >= 0.6 is 0 Å². The molecule has 0 saturated carbocycles. The molecule has 6 heteroatoms. The number of nitrogens with zero attached hydrogens (tertiary/aromatic N) is 1. The predicted octanol–water partition coefficient (Wildman–Crippen LogP) is 1.87.